The highest BCUT2D eigenvalue weighted by Gasteiger charge is 2.10. The van der Waals surface area contributed by atoms with Gasteiger partial charge in [-0.3, -0.25) is 0 Å². The first-order valence-electron chi connectivity index (χ1n) is 3.45. The van der Waals surface area contributed by atoms with Crippen molar-refractivity contribution in [3.8, 4) is 0 Å². The highest BCUT2D eigenvalue weighted by molar-refractivity contribution is 9.12. The molecule has 0 aromatic heterocycles. The third-order valence-electron chi connectivity index (χ3n) is 1.59. The van der Waals surface area contributed by atoms with Crippen LogP contribution >= 0.6 is 15.9 Å². The Morgan fingerprint density at radius 3 is 3.00 bits per heavy atom. The van der Waals surface area contributed by atoms with Crippen molar-refractivity contribution in [1.82, 2.24) is 0 Å². The van der Waals surface area contributed by atoms with Crippen LogP contribution in [0.3, 0.4) is 0 Å². The summed E-state index contributed by atoms with van der Waals surface area (Å²) in [6.07, 6.45) is 4.23. The molecule has 0 N–H and O–H groups in total. The first-order chi connectivity index (χ1) is 4.74. The van der Waals surface area contributed by atoms with E-state index in [0.717, 1.165) is 16.5 Å². The van der Waals surface area contributed by atoms with E-state index in [1.165, 1.54) is 0 Å². The van der Waals surface area contributed by atoms with Crippen molar-refractivity contribution >= 4 is 15.9 Å². The Morgan fingerprint density at radius 1 is 1.80 bits per heavy atom. The highest BCUT2D eigenvalue weighted by atomic mass is 79.9. The lowest BCUT2D eigenvalue weighted by Gasteiger charge is -2.11. The second kappa shape index (κ2) is 3.33. The zero-order valence-electron chi connectivity index (χ0n) is 5.90. The minimum atomic E-state index is -0.767. The molecule has 1 aliphatic rings. The van der Waals surface area contributed by atoms with Gasteiger partial charge in [-0.1, -0.05) is 28.9 Å². The van der Waals surface area contributed by atoms with Crippen molar-refractivity contribution in [1.29, 1.82) is 0 Å². The molecule has 0 aromatic rings. The van der Waals surface area contributed by atoms with Crippen LogP contribution in [0.4, 0.5) is 4.39 Å². The van der Waals surface area contributed by atoms with Gasteiger partial charge in [0.05, 0.1) is 0 Å². The molecular weight excluding hydrogens is 195 g/mol. The van der Waals surface area contributed by atoms with Crippen molar-refractivity contribution < 1.29 is 4.39 Å². The SMILES string of the molecule is CCC1=CC(F)CC=C1Br. The van der Waals surface area contributed by atoms with E-state index in [1.54, 1.807) is 6.08 Å². The molecule has 56 valence electrons. The molecule has 0 bridgehead atoms. The van der Waals surface area contributed by atoms with Crippen LogP contribution in [0, 0.1) is 0 Å². The average Bonchev–Trinajstić information content (AvgIpc) is 1.94. The monoisotopic (exact) mass is 204 g/mol. The summed E-state index contributed by atoms with van der Waals surface area (Å²) in [4.78, 5) is 0. The second-order valence-corrected chi connectivity index (χ2v) is 3.20. The van der Waals surface area contributed by atoms with E-state index in [2.05, 4.69) is 15.9 Å². The molecule has 0 aromatic carbocycles. The fourth-order valence-electron chi connectivity index (χ4n) is 1.000. The van der Waals surface area contributed by atoms with E-state index in [1.807, 2.05) is 13.0 Å². The molecule has 1 rings (SSSR count). The molecule has 0 radical (unpaired) electrons. The zero-order valence-corrected chi connectivity index (χ0v) is 7.49. The third kappa shape index (κ3) is 1.69. The van der Waals surface area contributed by atoms with Gasteiger partial charge in [0.25, 0.3) is 0 Å². The summed E-state index contributed by atoms with van der Waals surface area (Å²) in [7, 11) is 0. The molecule has 1 atom stereocenters. The van der Waals surface area contributed by atoms with Gasteiger partial charge in [0.15, 0.2) is 0 Å². The number of hydrogen-bond donors (Lipinski definition) is 0. The standard InChI is InChI=1S/C8H10BrF/c1-2-6-5-7(10)3-4-8(6)9/h4-5,7H,2-3H2,1H3. The zero-order chi connectivity index (χ0) is 7.56. The van der Waals surface area contributed by atoms with E-state index in [-0.39, 0.29) is 0 Å². The number of hydrogen-bond acceptors (Lipinski definition) is 0. The number of alkyl halides is 1. The molecule has 1 unspecified atom stereocenters. The summed E-state index contributed by atoms with van der Waals surface area (Å²) in [6, 6.07) is 0. The largest absolute Gasteiger partial charge is 0.243 e. The molecular formula is C8H10BrF. The van der Waals surface area contributed by atoms with Gasteiger partial charge in [0.1, 0.15) is 6.17 Å². The number of halogens is 2. The van der Waals surface area contributed by atoms with Crippen LogP contribution in [-0.2, 0) is 0 Å². The van der Waals surface area contributed by atoms with E-state index in [4.69, 9.17) is 0 Å². The lowest BCUT2D eigenvalue weighted by atomic mass is 10.0. The second-order valence-electron chi connectivity index (χ2n) is 2.35. The van der Waals surface area contributed by atoms with E-state index in [0.29, 0.717) is 6.42 Å². The lowest BCUT2D eigenvalue weighted by Crippen LogP contribution is -2.00. The maximum atomic E-state index is 12.7. The summed E-state index contributed by atoms with van der Waals surface area (Å²) in [5.74, 6) is 0. The topological polar surface area (TPSA) is 0 Å². The van der Waals surface area contributed by atoms with Gasteiger partial charge >= 0.3 is 0 Å². The Balaban J connectivity index is 2.74. The molecule has 0 saturated heterocycles. The van der Waals surface area contributed by atoms with Gasteiger partial charge in [0.2, 0.25) is 0 Å². The van der Waals surface area contributed by atoms with Crippen LogP contribution in [0.15, 0.2) is 22.2 Å². The summed E-state index contributed by atoms with van der Waals surface area (Å²) in [5, 5.41) is 0. The molecule has 0 saturated carbocycles. The fourth-order valence-corrected chi connectivity index (χ4v) is 1.60. The molecule has 1 aliphatic carbocycles. The van der Waals surface area contributed by atoms with Crippen LogP contribution in [0.25, 0.3) is 0 Å². The summed E-state index contributed by atoms with van der Waals surface area (Å²) >= 11 is 3.37. The fraction of sp³-hybridized carbons (Fsp3) is 0.500. The van der Waals surface area contributed by atoms with E-state index >= 15 is 0 Å². The quantitative estimate of drug-likeness (QED) is 0.615. The molecule has 10 heavy (non-hydrogen) atoms. The Bertz CT molecular complexity index is 182. The normalized spacial score (nSPS) is 25.7. The van der Waals surface area contributed by atoms with Crippen LogP contribution in [0.5, 0.6) is 0 Å². The third-order valence-corrected chi connectivity index (χ3v) is 2.42. The van der Waals surface area contributed by atoms with Crippen molar-refractivity contribution in [3.63, 3.8) is 0 Å². The Kier molecular flexibility index (Phi) is 2.66. The number of rotatable bonds is 1. The Morgan fingerprint density at radius 2 is 2.50 bits per heavy atom. The van der Waals surface area contributed by atoms with E-state index < -0.39 is 6.17 Å². The summed E-state index contributed by atoms with van der Waals surface area (Å²) in [6.45, 7) is 2.03. The van der Waals surface area contributed by atoms with Crippen molar-refractivity contribution in [2.24, 2.45) is 0 Å². The van der Waals surface area contributed by atoms with Gasteiger partial charge in [-0.15, -0.1) is 0 Å². The molecule has 0 spiro atoms. The minimum absolute atomic E-state index is 0.518. The van der Waals surface area contributed by atoms with Crippen LogP contribution < -0.4 is 0 Å². The van der Waals surface area contributed by atoms with E-state index in [9.17, 15) is 4.39 Å². The Labute approximate surface area is 68.9 Å². The first-order valence-corrected chi connectivity index (χ1v) is 4.24. The Hall–Kier alpha value is -0.110. The lowest BCUT2D eigenvalue weighted by molar-refractivity contribution is 0.399. The van der Waals surface area contributed by atoms with Crippen LogP contribution in [0.2, 0.25) is 0 Å². The molecule has 0 aliphatic heterocycles. The minimum Gasteiger partial charge on any atom is -0.243 e. The molecule has 2 heteroatoms. The number of allylic oxidation sites excluding steroid dienone is 4. The summed E-state index contributed by atoms with van der Waals surface area (Å²) < 4.78 is 13.7. The highest BCUT2D eigenvalue weighted by Crippen LogP contribution is 2.27. The van der Waals surface area contributed by atoms with Crippen molar-refractivity contribution in [3.05, 3.63) is 22.2 Å². The van der Waals surface area contributed by atoms with Gasteiger partial charge in [-0.25, -0.2) is 4.39 Å². The molecule has 0 fully saturated rings. The van der Waals surface area contributed by atoms with Crippen molar-refractivity contribution in [2.75, 3.05) is 0 Å². The molecule has 0 amide bonds. The predicted octanol–water partition coefficient (Wildman–Crippen LogP) is 3.34. The van der Waals surface area contributed by atoms with Crippen LogP contribution in [-0.4, -0.2) is 6.17 Å². The van der Waals surface area contributed by atoms with Crippen LogP contribution in [0.1, 0.15) is 19.8 Å². The maximum Gasteiger partial charge on any atom is 0.122 e. The first kappa shape index (κ1) is 7.99. The van der Waals surface area contributed by atoms with Gasteiger partial charge < -0.3 is 0 Å². The van der Waals surface area contributed by atoms with Gasteiger partial charge in [-0.2, -0.15) is 0 Å². The van der Waals surface area contributed by atoms with Crippen molar-refractivity contribution in [2.45, 2.75) is 25.9 Å². The molecule has 0 nitrogen and oxygen atoms in total. The van der Waals surface area contributed by atoms with Gasteiger partial charge in [0, 0.05) is 10.9 Å². The smallest absolute Gasteiger partial charge is 0.122 e. The summed E-state index contributed by atoms with van der Waals surface area (Å²) in [5.41, 5.74) is 1.08. The predicted molar refractivity (Wildman–Crippen MR) is 44.9 cm³/mol. The average molecular weight is 205 g/mol. The van der Waals surface area contributed by atoms with Gasteiger partial charge in [-0.05, 0) is 18.1 Å². The maximum absolute atomic E-state index is 12.7. The molecule has 0 heterocycles.